The number of nitrogens with zero attached hydrogens (tertiary/aromatic N) is 1. The molecule has 0 spiro atoms. The van der Waals surface area contributed by atoms with E-state index >= 15 is 0 Å². The standard InChI is InChI=1S/C11H10NO2S/c13-10-8-4-1-2-5-9(8)11(14)12(10)6-3-7-15/h1-2,4-5H,3,6-7H2. The molecule has 0 atom stereocenters. The number of benzene rings is 1. The summed E-state index contributed by atoms with van der Waals surface area (Å²) in [7, 11) is 0. The van der Waals surface area contributed by atoms with Gasteiger partial charge in [-0.25, -0.2) is 0 Å². The normalized spacial score (nSPS) is 14.6. The Hall–Kier alpha value is -1.29. The van der Waals surface area contributed by atoms with Crippen molar-refractivity contribution >= 4 is 24.4 Å². The Labute approximate surface area is 93.5 Å². The fraction of sp³-hybridized carbons (Fsp3) is 0.273. The SMILES string of the molecule is O=C1c2ccccc2C(=O)N1CCC[S]. The van der Waals surface area contributed by atoms with E-state index in [0.717, 1.165) is 0 Å². The molecular weight excluding hydrogens is 210 g/mol. The summed E-state index contributed by atoms with van der Waals surface area (Å²) in [4.78, 5) is 24.8. The molecule has 1 radical (unpaired) electrons. The number of amides is 2. The molecular formula is C11H10NO2S. The van der Waals surface area contributed by atoms with Crippen LogP contribution in [0.25, 0.3) is 0 Å². The molecule has 4 heteroatoms. The summed E-state index contributed by atoms with van der Waals surface area (Å²) >= 11 is 4.80. The second-order valence-electron chi connectivity index (χ2n) is 3.37. The third kappa shape index (κ3) is 1.65. The third-order valence-electron chi connectivity index (χ3n) is 2.40. The molecule has 1 aliphatic rings. The molecule has 0 N–H and O–H groups in total. The fourth-order valence-electron chi connectivity index (χ4n) is 1.66. The Balaban J connectivity index is 2.29. The maximum Gasteiger partial charge on any atom is 0.261 e. The highest BCUT2D eigenvalue weighted by atomic mass is 32.1. The van der Waals surface area contributed by atoms with Crippen LogP contribution in [0, 0.1) is 0 Å². The van der Waals surface area contributed by atoms with Crippen molar-refractivity contribution in [3.8, 4) is 0 Å². The van der Waals surface area contributed by atoms with Crippen molar-refractivity contribution in [2.24, 2.45) is 0 Å². The molecule has 1 aliphatic heterocycles. The summed E-state index contributed by atoms with van der Waals surface area (Å²) < 4.78 is 0. The maximum atomic E-state index is 11.8. The zero-order valence-electron chi connectivity index (χ0n) is 8.10. The van der Waals surface area contributed by atoms with Crippen molar-refractivity contribution in [3.63, 3.8) is 0 Å². The Bertz CT molecular complexity index is 382. The van der Waals surface area contributed by atoms with E-state index in [1.165, 1.54) is 4.90 Å². The van der Waals surface area contributed by atoms with Crippen molar-refractivity contribution in [1.29, 1.82) is 0 Å². The lowest BCUT2D eigenvalue weighted by atomic mass is 10.1. The first-order chi connectivity index (χ1) is 7.25. The van der Waals surface area contributed by atoms with Crippen LogP contribution in [0.3, 0.4) is 0 Å². The van der Waals surface area contributed by atoms with Crippen molar-refractivity contribution < 1.29 is 9.59 Å². The fourth-order valence-corrected chi connectivity index (χ4v) is 1.79. The van der Waals surface area contributed by atoms with Gasteiger partial charge in [-0.1, -0.05) is 24.8 Å². The molecule has 1 heterocycles. The second kappa shape index (κ2) is 4.06. The summed E-state index contributed by atoms with van der Waals surface area (Å²) in [5, 5.41) is 0. The molecule has 0 unspecified atom stereocenters. The highest BCUT2D eigenvalue weighted by Gasteiger charge is 2.34. The first kappa shape index (κ1) is 10.2. The van der Waals surface area contributed by atoms with Crippen LogP contribution < -0.4 is 0 Å². The Morgan fingerprint density at radius 1 is 1.07 bits per heavy atom. The quantitative estimate of drug-likeness (QED) is 0.729. The van der Waals surface area contributed by atoms with Crippen molar-refractivity contribution in [3.05, 3.63) is 35.4 Å². The summed E-state index contributed by atoms with van der Waals surface area (Å²) in [6.45, 7) is 0.426. The number of carbonyl (C=O) groups excluding carboxylic acids is 2. The van der Waals surface area contributed by atoms with Crippen molar-refractivity contribution in [2.45, 2.75) is 6.42 Å². The zero-order chi connectivity index (χ0) is 10.8. The number of imide groups is 1. The molecule has 0 bridgehead atoms. The predicted molar refractivity (Wildman–Crippen MR) is 58.9 cm³/mol. The van der Waals surface area contributed by atoms with Gasteiger partial charge in [0, 0.05) is 12.3 Å². The van der Waals surface area contributed by atoms with Gasteiger partial charge in [0.15, 0.2) is 0 Å². The van der Waals surface area contributed by atoms with Crippen LogP contribution in [0.1, 0.15) is 27.1 Å². The largest absolute Gasteiger partial charge is 0.274 e. The van der Waals surface area contributed by atoms with Gasteiger partial charge in [-0.2, -0.15) is 0 Å². The van der Waals surface area contributed by atoms with Gasteiger partial charge < -0.3 is 0 Å². The summed E-state index contributed by atoms with van der Waals surface area (Å²) in [6, 6.07) is 6.90. The van der Waals surface area contributed by atoms with E-state index < -0.39 is 0 Å². The lowest BCUT2D eigenvalue weighted by molar-refractivity contribution is 0.0655. The molecule has 3 nitrogen and oxygen atoms in total. The van der Waals surface area contributed by atoms with E-state index in [1.54, 1.807) is 24.3 Å². The van der Waals surface area contributed by atoms with Gasteiger partial charge in [0.05, 0.1) is 11.1 Å². The van der Waals surface area contributed by atoms with Gasteiger partial charge in [-0.3, -0.25) is 14.5 Å². The van der Waals surface area contributed by atoms with Crippen LogP contribution in [0.2, 0.25) is 0 Å². The molecule has 1 aromatic carbocycles. The zero-order valence-corrected chi connectivity index (χ0v) is 8.92. The van der Waals surface area contributed by atoms with Gasteiger partial charge in [-0.15, -0.1) is 0 Å². The van der Waals surface area contributed by atoms with E-state index in [-0.39, 0.29) is 11.8 Å². The highest BCUT2D eigenvalue weighted by Crippen LogP contribution is 2.22. The molecule has 0 saturated heterocycles. The third-order valence-corrected chi connectivity index (χ3v) is 2.69. The van der Waals surface area contributed by atoms with E-state index in [2.05, 4.69) is 0 Å². The number of fused-ring (bicyclic) bond motifs is 1. The van der Waals surface area contributed by atoms with E-state index in [4.69, 9.17) is 12.6 Å². The highest BCUT2D eigenvalue weighted by molar-refractivity contribution is 7.80. The van der Waals surface area contributed by atoms with Crippen LogP contribution in [-0.2, 0) is 0 Å². The average Bonchev–Trinajstić information content (AvgIpc) is 2.51. The molecule has 2 amide bonds. The number of carbonyl (C=O) groups is 2. The average molecular weight is 220 g/mol. The molecule has 77 valence electrons. The van der Waals surface area contributed by atoms with Gasteiger partial charge in [0.1, 0.15) is 0 Å². The topological polar surface area (TPSA) is 37.4 Å². The van der Waals surface area contributed by atoms with E-state index in [9.17, 15) is 9.59 Å². The van der Waals surface area contributed by atoms with Crippen LogP contribution in [0.5, 0.6) is 0 Å². The Morgan fingerprint density at radius 3 is 2.07 bits per heavy atom. The minimum Gasteiger partial charge on any atom is -0.274 e. The Kier molecular flexibility index (Phi) is 2.77. The number of hydrogen-bond donors (Lipinski definition) is 0. The smallest absolute Gasteiger partial charge is 0.261 e. The van der Waals surface area contributed by atoms with Crippen molar-refractivity contribution in [2.75, 3.05) is 12.3 Å². The minimum atomic E-state index is -0.195. The van der Waals surface area contributed by atoms with Crippen LogP contribution in [0.4, 0.5) is 0 Å². The van der Waals surface area contributed by atoms with Crippen molar-refractivity contribution in [1.82, 2.24) is 4.90 Å². The van der Waals surface area contributed by atoms with Crippen LogP contribution in [-0.4, -0.2) is 29.0 Å². The monoisotopic (exact) mass is 220 g/mol. The number of rotatable bonds is 3. The Morgan fingerprint density at radius 2 is 1.60 bits per heavy atom. The maximum absolute atomic E-state index is 11.8. The lowest BCUT2D eigenvalue weighted by Gasteiger charge is -2.11. The van der Waals surface area contributed by atoms with Crippen LogP contribution in [0.15, 0.2) is 24.3 Å². The van der Waals surface area contributed by atoms with Gasteiger partial charge in [0.25, 0.3) is 11.8 Å². The van der Waals surface area contributed by atoms with Gasteiger partial charge in [0.2, 0.25) is 0 Å². The van der Waals surface area contributed by atoms with E-state index in [0.29, 0.717) is 29.8 Å². The first-order valence-corrected chi connectivity index (χ1v) is 5.37. The molecule has 2 rings (SSSR count). The molecule has 0 saturated carbocycles. The van der Waals surface area contributed by atoms with Gasteiger partial charge >= 0.3 is 0 Å². The molecule has 0 fully saturated rings. The molecule has 0 aliphatic carbocycles. The second-order valence-corrected chi connectivity index (χ2v) is 3.77. The van der Waals surface area contributed by atoms with Crippen LogP contribution >= 0.6 is 12.6 Å². The predicted octanol–water partition coefficient (Wildman–Crippen LogP) is 1.87. The summed E-state index contributed by atoms with van der Waals surface area (Å²) in [6.07, 6.45) is 0.681. The van der Waals surface area contributed by atoms with E-state index in [1.807, 2.05) is 0 Å². The first-order valence-electron chi connectivity index (χ1n) is 4.79. The van der Waals surface area contributed by atoms with Gasteiger partial charge in [-0.05, 0) is 18.6 Å². The number of hydrogen-bond acceptors (Lipinski definition) is 2. The summed E-state index contributed by atoms with van der Waals surface area (Å²) in [5.74, 6) is 0.172. The minimum absolute atomic E-state index is 0.195. The molecule has 0 aromatic heterocycles. The lowest BCUT2D eigenvalue weighted by Crippen LogP contribution is -2.30. The molecule has 1 aromatic rings. The molecule has 15 heavy (non-hydrogen) atoms. The summed E-state index contributed by atoms with van der Waals surface area (Å²) in [5.41, 5.74) is 1.01.